The Balaban J connectivity index is 1.20. The normalized spacial score (nSPS) is 13.2. The number of carbonyl (C=O) groups excluding carboxylic acids is 6. The molecule has 1 atom stereocenters. The lowest BCUT2D eigenvalue weighted by atomic mass is 10.1. The summed E-state index contributed by atoms with van der Waals surface area (Å²) in [4.78, 5) is 77.0. The van der Waals surface area contributed by atoms with E-state index in [0.717, 1.165) is 31.5 Å². The summed E-state index contributed by atoms with van der Waals surface area (Å²) in [7, 11) is 0. The van der Waals surface area contributed by atoms with Crippen LogP contribution in [0.25, 0.3) is 0 Å². The average molecular weight is 764 g/mol. The fraction of sp³-hybridized carbons (Fsp3) is 0.268. The number of benzene rings is 4. The van der Waals surface area contributed by atoms with Crippen LogP contribution in [0.3, 0.4) is 0 Å². The van der Waals surface area contributed by atoms with E-state index in [1.54, 1.807) is 26.0 Å². The van der Waals surface area contributed by atoms with Crippen LogP contribution in [0.5, 0.6) is 11.5 Å². The van der Waals surface area contributed by atoms with Crippen molar-refractivity contribution < 1.29 is 38.6 Å². The molecular formula is C41H45N7O8. The molecule has 0 bridgehead atoms. The lowest BCUT2D eigenvalue weighted by Gasteiger charge is -2.24. The second-order valence-electron chi connectivity index (χ2n) is 13.6. The lowest BCUT2D eigenvalue weighted by molar-refractivity contribution is -0.123. The Morgan fingerprint density at radius 2 is 1.27 bits per heavy atom. The number of hydrogen-bond acceptors (Lipinski definition) is 9. The van der Waals surface area contributed by atoms with Gasteiger partial charge >= 0.3 is 0 Å². The predicted molar refractivity (Wildman–Crippen MR) is 211 cm³/mol. The van der Waals surface area contributed by atoms with E-state index in [2.05, 4.69) is 31.9 Å². The number of nitrogens with two attached hydrogens (primary N) is 1. The molecule has 0 aliphatic carbocycles. The maximum absolute atomic E-state index is 13.3. The van der Waals surface area contributed by atoms with Gasteiger partial charge in [0.25, 0.3) is 23.6 Å². The van der Waals surface area contributed by atoms with Gasteiger partial charge in [0.2, 0.25) is 11.8 Å². The van der Waals surface area contributed by atoms with Crippen molar-refractivity contribution in [1.29, 1.82) is 0 Å². The lowest BCUT2D eigenvalue weighted by Crippen LogP contribution is -2.46. The van der Waals surface area contributed by atoms with Crippen LogP contribution in [0.4, 0.5) is 17.1 Å². The summed E-state index contributed by atoms with van der Waals surface area (Å²) in [6, 6.07) is 20.4. The summed E-state index contributed by atoms with van der Waals surface area (Å²) < 4.78 is 5.82. The van der Waals surface area contributed by atoms with Crippen LogP contribution < -0.4 is 42.4 Å². The number of phenols is 1. The summed E-state index contributed by atoms with van der Waals surface area (Å²) >= 11 is 0. The zero-order valence-electron chi connectivity index (χ0n) is 31.2. The Hall–Kier alpha value is -6.74. The first kappa shape index (κ1) is 40.4. The molecule has 6 amide bonds. The molecule has 1 heterocycles. The zero-order chi connectivity index (χ0) is 40.4. The van der Waals surface area contributed by atoms with E-state index in [0.29, 0.717) is 11.3 Å². The van der Waals surface area contributed by atoms with Crippen LogP contribution in [0.15, 0.2) is 84.9 Å². The summed E-state index contributed by atoms with van der Waals surface area (Å²) in [5.41, 5.74) is 8.09. The van der Waals surface area contributed by atoms with Crippen molar-refractivity contribution in [3.8, 4) is 11.5 Å². The van der Waals surface area contributed by atoms with Crippen molar-refractivity contribution in [3.05, 3.63) is 113 Å². The van der Waals surface area contributed by atoms with Crippen molar-refractivity contribution >= 4 is 52.5 Å². The number of hydrogen-bond donors (Lipinski definition) is 8. The predicted octanol–water partition coefficient (Wildman–Crippen LogP) is 4.09. The Bertz CT molecular complexity index is 2080. The third-order valence-electron chi connectivity index (χ3n) is 8.81. The minimum Gasteiger partial charge on any atom is -0.504 e. The highest BCUT2D eigenvalue weighted by molar-refractivity contribution is 6.08. The minimum atomic E-state index is -1.33. The molecule has 15 nitrogen and oxygen atoms in total. The molecule has 56 heavy (non-hydrogen) atoms. The molecule has 0 unspecified atom stereocenters. The molecule has 0 radical (unpaired) electrons. The maximum Gasteiger partial charge on any atom is 0.255 e. The van der Waals surface area contributed by atoms with E-state index in [-0.39, 0.29) is 45.8 Å². The van der Waals surface area contributed by atoms with Crippen molar-refractivity contribution in [2.45, 2.75) is 58.2 Å². The van der Waals surface area contributed by atoms with E-state index in [9.17, 15) is 33.9 Å². The molecule has 5 rings (SSSR count). The smallest absolute Gasteiger partial charge is 0.255 e. The van der Waals surface area contributed by atoms with Gasteiger partial charge < -0.3 is 47.5 Å². The highest BCUT2D eigenvalue weighted by atomic mass is 16.5. The average Bonchev–Trinajstić information content (AvgIpc) is 3.16. The van der Waals surface area contributed by atoms with Gasteiger partial charge in [0, 0.05) is 34.1 Å². The van der Waals surface area contributed by atoms with Crippen molar-refractivity contribution in [2.24, 2.45) is 5.73 Å². The van der Waals surface area contributed by atoms with E-state index in [1.165, 1.54) is 60.7 Å². The molecule has 0 spiro atoms. The van der Waals surface area contributed by atoms with E-state index < -0.39 is 53.9 Å². The van der Waals surface area contributed by atoms with Crippen molar-refractivity contribution in [3.63, 3.8) is 0 Å². The fourth-order valence-electron chi connectivity index (χ4n) is 5.83. The van der Waals surface area contributed by atoms with E-state index in [4.69, 9.17) is 10.5 Å². The van der Waals surface area contributed by atoms with E-state index >= 15 is 0 Å². The van der Waals surface area contributed by atoms with Gasteiger partial charge in [-0.1, -0.05) is 17.7 Å². The Kier molecular flexibility index (Phi) is 13.4. The monoisotopic (exact) mass is 763 g/mol. The van der Waals surface area contributed by atoms with Gasteiger partial charge in [-0.15, -0.1) is 0 Å². The minimum absolute atomic E-state index is 0.0144. The molecule has 0 saturated carbocycles. The second-order valence-corrected chi connectivity index (χ2v) is 13.6. The number of nitrogens with one attached hydrogen (secondary N) is 6. The molecule has 1 saturated heterocycles. The molecule has 1 fully saturated rings. The molecule has 4 aromatic rings. The summed E-state index contributed by atoms with van der Waals surface area (Å²) in [5, 5.41) is 27.8. The van der Waals surface area contributed by atoms with Gasteiger partial charge in [-0.2, -0.15) is 0 Å². The molecular weight excluding hydrogens is 718 g/mol. The topological polar surface area (TPSA) is 230 Å². The molecule has 292 valence electrons. The second kappa shape index (κ2) is 18.5. The summed E-state index contributed by atoms with van der Waals surface area (Å²) in [6.07, 6.45) is 0.639. The number of amides is 6. The van der Waals surface area contributed by atoms with Gasteiger partial charge in [0.15, 0.2) is 11.5 Å². The Morgan fingerprint density at radius 1 is 0.732 bits per heavy atom. The standard InChI is InChI=1S/C41H45N7O8/c1-23(2)56-36-32(17-16-31(35(36)50)40(54)45-30-18-20-43-21-19-30)47-38(52)26-10-14-29(15-11-26)46-41(55)33(22-34(42)49)48-39(53)27-8-12-28(13-9-27)44-37(51)25-6-4-24(3)5-7-25/h4-17,23,30,33,43,50H,18-22H2,1-3H3,(H2,42,49)(H,44,51)(H,45,54)(H,46,55)(H,47,52)(H,48,53)/t33-/m0/s1. The van der Waals surface area contributed by atoms with E-state index in [1.807, 2.05) is 19.1 Å². The van der Waals surface area contributed by atoms with Crippen molar-refractivity contribution in [2.75, 3.05) is 29.0 Å². The highest BCUT2D eigenvalue weighted by Crippen LogP contribution is 2.39. The first-order valence-electron chi connectivity index (χ1n) is 18.1. The van der Waals surface area contributed by atoms with Gasteiger partial charge in [0.05, 0.1) is 23.8 Å². The molecule has 9 N–H and O–H groups in total. The highest BCUT2D eigenvalue weighted by Gasteiger charge is 2.26. The largest absolute Gasteiger partial charge is 0.504 e. The number of anilines is 3. The first-order chi connectivity index (χ1) is 26.8. The van der Waals surface area contributed by atoms with Gasteiger partial charge in [-0.25, -0.2) is 0 Å². The molecule has 1 aliphatic rings. The van der Waals surface area contributed by atoms with Crippen LogP contribution in [-0.4, -0.2) is 71.8 Å². The number of ether oxygens (including phenoxy) is 1. The summed E-state index contributed by atoms with van der Waals surface area (Å²) in [5.74, 6) is -4.01. The Labute approximate surface area is 323 Å². The fourth-order valence-corrected chi connectivity index (χ4v) is 5.83. The maximum atomic E-state index is 13.3. The first-order valence-corrected chi connectivity index (χ1v) is 18.1. The number of aryl methyl sites for hydroxylation is 1. The third kappa shape index (κ3) is 10.9. The van der Waals surface area contributed by atoms with Crippen LogP contribution in [0.1, 0.15) is 80.1 Å². The van der Waals surface area contributed by atoms with Crippen LogP contribution >= 0.6 is 0 Å². The number of aromatic hydroxyl groups is 1. The van der Waals surface area contributed by atoms with Gasteiger partial charge in [-0.3, -0.25) is 28.8 Å². The van der Waals surface area contributed by atoms with Gasteiger partial charge in [0.1, 0.15) is 6.04 Å². The number of phenolic OH excluding ortho intramolecular Hbond substituents is 1. The SMILES string of the molecule is Cc1ccc(C(=O)Nc2ccc(C(=O)N[C@@H](CC(N)=O)C(=O)Nc3ccc(C(=O)Nc4ccc(C(=O)NC5CCNCC5)c(O)c4OC(C)C)cc3)cc2)cc1. The molecule has 15 heteroatoms. The third-order valence-corrected chi connectivity index (χ3v) is 8.81. The van der Waals surface area contributed by atoms with Crippen LogP contribution in [-0.2, 0) is 9.59 Å². The number of carbonyl (C=O) groups is 6. The molecule has 1 aliphatic heterocycles. The molecule has 0 aromatic heterocycles. The van der Waals surface area contributed by atoms with Crippen LogP contribution in [0, 0.1) is 6.92 Å². The Morgan fingerprint density at radius 3 is 1.84 bits per heavy atom. The van der Waals surface area contributed by atoms with Gasteiger partial charge in [-0.05, 0) is 119 Å². The summed E-state index contributed by atoms with van der Waals surface area (Å²) in [6.45, 7) is 6.96. The quantitative estimate of drug-likeness (QED) is 0.0924. The molecule has 4 aromatic carbocycles. The number of piperidine rings is 1. The zero-order valence-corrected chi connectivity index (χ0v) is 31.2. The number of primary amides is 1. The number of rotatable bonds is 14. The van der Waals surface area contributed by atoms with Crippen LogP contribution in [0.2, 0.25) is 0 Å². The van der Waals surface area contributed by atoms with Crippen molar-refractivity contribution in [1.82, 2.24) is 16.0 Å².